The third-order valence-electron chi connectivity index (χ3n) is 2.63. The zero-order valence-electron chi connectivity index (χ0n) is 11.5. The lowest BCUT2D eigenvalue weighted by molar-refractivity contribution is -0.141. The molecule has 0 aromatic heterocycles. The smallest absolute Gasteiger partial charge is 0.271 e. The molecule has 0 atom stereocenters. The Balaban J connectivity index is 2.14. The highest BCUT2D eigenvalue weighted by atomic mass is 79.9. The van der Waals surface area contributed by atoms with Crippen molar-refractivity contribution in [2.75, 3.05) is 53.2 Å². The van der Waals surface area contributed by atoms with E-state index in [1.165, 1.54) is 4.90 Å². The second kappa shape index (κ2) is 9.06. The van der Waals surface area contributed by atoms with Crippen molar-refractivity contribution in [3.05, 3.63) is 12.3 Å². The van der Waals surface area contributed by atoms with Crippen LogP contribution in [0, 0.1) is 0 Å². The van der Waals surface area contributed by atoms with E-state index in [2.05, 4.69) is 22.7 Å². The first-order valence-electron chi connectivity index (χ1n) is 6.19. The van der Waals surface area contributed by atoms with Gasteiger partial charge in [-0.3, -0.25) is 9.59 Å². The number of piperazine rings is 1. The summed E-state index contributed by atoms with van der Waals surface area (Å²) in [6, 6.07) is 0. The van der Waals surface area contributed by atoms with E-state index < -0.39 is 0 Å². The molecule has 1 aliphatic rings. The summed E-state index contributed by atoms with van der Waals surface area (Å²) < 4.78 is 16.5. The minimum absolute atomic E-state index is 0.0246. The highest BCUT2D eigenvalue weighted by Gasteiger charge is 2.32. The molecular formula is C12H19BrN2O5. The molecule has 0 radical (unpaired) electrons. The van der Waals surface area contributed by atoms with Crippen LogP contribution in [-0.2, 0) is 23.8 Å². The summed E-state index contributed by atoms with van der Waals surface area (Å²) in [7, 11) is 1.61. The summed E-state index contributed by atoms with van der Waals surface area (Å²) in [6.45, 7) is 6.27. The number of hydrogen-bond donors (Lipinski definition) is 0. The van der Waals surface area contributed by atoms with Gasteiger partial charge in [0.05, 0.1) is 49.2 Å². The molecule has 0 unspecified atom stereocenters. The van der Waals surface area contributed by atoms with E-state index in [4.69, 9.17) is 14.2 Å². The Bertz CT molecular complexity index is 364. The van der Waals surface area contributed by atoms with Gasteiger partial charge in [0.1, 0.15) is 12.2 Å². The Kier molecular flexibility index (Phi) is 7.75. The monoisotopic (exact) mass is 350 g/mol. The molecule has 0 aromatic carbocycles. The SMILES string of the molecule is C=C1C(=O)N(CCOCCOCCOC)CC(=O)N1Br. The van der Waals surface area contributed by atoms with Crippen LogP contribution in [0.2, 0.25) is 0 Å². The van der Waals surface area contributed by atoms with Crippen LogP contribution < -0.4 is 0 Å². The number of halogens is 1. The first kappa shape index (κ1) is 17.1. The first-order valence-corrected chi connectivity index (χ1v) is 6.90. The van der Waals surface area contributed by atoms with E-state index in [1.54, 1.807) is 7.11 Å². The van der Waals surface area contributed by atoms with E-state index in [0.29, 0.717) is 39.6 Å². The molecule has 8 heteroatoms. The molecule has 114 valence electrons. The minimum atomic E-state index is -0.276. The molecule has 1 aliphatic heterocycles. The highest BCUT2D eigenvalue weighted by Crippen LogP contribution is 2.17. The fourth-order valence-electron chi connectivity index (χ4n) is 1.53. The third-order valence-corrected chi connectivity index (χ3v) is 3.45. The van der Waals surface area contributed by atoms with E-state index in [9.17, 15) is 9.59 Å². The maximum atomic E-state index is 11.8. The molecule has 1 fully saturated rings. The van der Waals surface area contributed by atoms with Crippen molar-refractivity contribution in [3.63, 3.8) is 0 Å². The number of carbonyl (C=O) groups excluding carboxylic acids is 2. The molecule has 0 aliphatic carbocycles. The van der Waals surface area contributed by atoms with Gasteiger partial charge in [-0.1, -0.05) is 6.58 Å². The fraction of sp³-hybridized carbons (Fsp3) is 0.667. The van der Waals surface area contributed by atoms with Crippen LogP contribution in [0.15, 0.2) is 12.3 Å². The van der Waals surface area contributed by atoms with Crippen molar-refractivity contribution in [1.82, 2.24) is 8.83 Å². The molecule has 1 rings (SSSR count). The number of ether oxygens (including phenoxy) is 3. The Morgan fingerprint density at radius 1 is 1.15 bits per heavy atom. The van der Waals surface area contributed by atoms with Crippen LogP contribution in [0.25, 0.3) is 0 Å². The second-order valence-corrected chi connectivity index (χ2v) is 4.77. The van der Waals surface area contributed by atoms with Gasteiger partial charge in [-0.25, -0.2) is 3.93 Å². The van der Waals surface area contributed by atoms with Gasteiger partial charge in [0.25, 0.3) is 11.8 Å². The Morgan fingerprint density at radius 3 is 2.40 bits per heavy atom. The summed E-state index contributed by atoms with van der Waals surface area (Å²) in [5.74, 6) is -0.501. The third kappa shape index (κ3) is 5.20. The quantitative estimate of drug-likeness (QED) is 0.336. The van der Waals surface area contributed by atoms with Crippen LogP contribution in [0.3, 0.4) is 0 Å². The fourth-order valence-corrected chi connectivity index (χ4v) is 1.80. The number of methoxy groups -OCH3 is 1. The van der Waals surface area contributed by atoms with Crippen molar-refractivity contribution in [2.24, 2.45) is 0 Å². The number of rotatable bonds is 9. The Hall–Kier alpha value is -0.960. The molecule has 0 bridgehead atoms. The molecule has 7 nitrogen and oxygen atoms in total. The molecule has 0 spiro atoms. The van der Waals surface area contributed by atoms with E-state index in [-0.39, 0.29) is 24.1 Å². The van der Waals surface area contributed by atoms with Gasteiger partial charge in [0.2, 0.25) is 0 Å². The molecule has 20 heavy (non-hydrogen) atoms. The van der Waals surface area contributed by atoms with Crippen LogP contribution in [0.1, 0.15) is 0 Å². The Morgan fingerprint density at radius 2 is 1.75 bits per heavy atom. The number of nitrogens with zero attached hydrogens (tertiary/aromatic N) is 2. The average Bonchev–Trinajstić information content (AvgIpc) is 2.44. The minimum Gasteiger partial charge on any atom is -0.382 e. The van der Waals surface area contributed by atoms with Gasteiger partial charge >= 0.3 is 0 Å². The molecule has 0 aromatic rings. The lowest BCUT2D eigenvalue weighted by Gasteiger charge is -2.31. The van der Waals surface area contributed by atoms with Gasteiger partial charge in [-0.2, -0.15) is 0 Å². The standard InChI is InChI=1S/C12H19BrN2O5/c1-10-12(17)14(9-11(16)15(10)13)3-4-19-7-8-20-6-5-18-2/h1,3-9H2,2H3. The van der Waals surface area contributed by atoms with E-state index in [1.807, 2.05) is 0 Å². The van der Waals surface area contributed by atoms with E-state index >= 15 is 0 Å². The maximum absolute atomic E-state index is 11.8. The molecule has 2 amide bonds. The van der Waals surface area contributed by atoms with Crippen LogP contribution in [0.4, 0.5) is 0 Å². The van der Waals surface area contributed by atoms with Crippen LogP contribution >= 0.6 is 16.1 Å². The molecule has 1 heterocycles. The van der Waals surface area contributed by atoms with Crippen molar-refractivity contribution in [1.29, 1.82) is 0 Å². The molecular weight excluding hydrogens is 332 g/mol. The molecule has 0 N–H and O–H groups in total. The number of hydrogen-bond acceptors (Lipinski definition) is 5. The molecule has 0 saturated carbocycles. The highest BCUT2D eigenvalue weighted by molar-refractivity contribution is 9.07. The summed E-state index contributed by atoms with van der Waals surface area (Å²) in [4.78, 5) is 24.8. The van der Waals surface area contributed by atoms with E-state index in [0.717, 1.165) is 3.93 Å². The van der Waals surface area contributed by atoms with Gasteiger partial charge < -0.3 is 19.1 Å². The predicted molar refractivity (Wildman–Crippen MR) is 75.0 cm³/mol. The summed E-state index contributed by atoms with van der Waals surface area (Å²) in [6.07, 6.45) is 0. The largest absolute Gasteiger partial charge is 0.382 e. The topological polar surface area (TPSA) is 68.3 Å². The lowest BCUT2D eigenvalue weighted by atomic mass is 10.3. The van der Waals surface area contributed by atoms with Gasteiger partial charge in [0, 0.05) is 13.7 Å². The lowest BCUT2D eigenvalue weighted by Crippen LogP contribution is -2.49. The van der Waals surface area contributed by atoms with Crippen molar-refractivity contribution in [2.45, 2.75) is 0 Å². The number of carbonyl (C=O) groups is 2. The Labute approximate surface area is 126 Å². The van der Waals surface area contributed by atoms with Crippen molar-refractivity contribution in [3.8, 4) is 0 Å². The first-order chi connectivity index (χ1) is 9.57. The summed E-state index contributed by atoms with van der Waals surface area (Å²) in [5.41, 5.74) is 0.115. The number of amides is 2. The predicted octanol–water partition coefficient (Wildman–Crippen LogP) is 0.160. The molecule has 1 saturated heterocycles. The van der Waals surface area contributed by atoms with Gasteiger partial charge in [-0.05, 0) is 0 Å². The van der Waals surface area contributed by atoms with Crippen molar-refractivity contribution >= 4 is 28.0 Å². The van der Waals surface area contributed by atoms with Crippen molar-refractivity contribution < 1.29 is 23.8 Å². The maximum Gasteiger partial charge on any atom is 0.271 e. The summed E-state index contributed by atoms with van der Waals surface area (Å²) in [5, 5.41) is 0. The van der Waals surface area contributed by atoms with Crippen LogP contribution in [0.5, 0.6) is 0 Å². The van der Waals surface area contributed by atoms with Gasteiger partial charge in [-0.15, -0.1) is 0 Å². The van der Waals surface area contributed by atoms with Crippen LogP contribution in [-0.4, -0.2) is 73.9 Å². The summed E-state index contributed by atoms with van der Waals surface area (Å²) >= 11 is 2.99. The van der Waals surface area contributed by atoms with Gasteiger partial charge in [0.15, 0.2) is 0 Å². The zero-order valence-corrected chi connectivity index (χ0v) is 13.1. The normalized spacial score (nSPS) is 16.2. The zero-order chi connectivity index (χ0) is 15.0. The second-order valence-electron chi connectivity index (χ2n) is 4.07. The average molecular weight is 351 g/mol.